The molecule has 7 rings (SSSR count). The number of alkyl halides is 3. The molecule has 1 saturated heterocycles. The van der Waals surface area contributed by atoms with Crippen molar-refractivity contribution in [1.29, 1.82) is 0 Å². The highest BCUT2D eigenvalue weighted by Crippen LogP contribution is 2.38. The predicted molar refractivity (Wildman–Crippen MR) is 160 cm³/mol. The smallest absolute Gasteiger partial charge is 0.403 e. The number of nitrogens with one attached hydrogen (secondary N) is 1. The molecule has 3 aromatic heterocycles. The van der Waals surface area contributed by atoms with E-state index in [9.17, 15) is 18.0 Å². The molecular weight excluding hydrogens is 587 g/mol. The number of carbonyl (C=O) groups excluding carboxylic acids is 1. The lowest BCUT2D eigenvalue weighted by Gasteiger charge is -2.31. The molecule has 13 heteroatoms. The Kier molecular flexibility index (Phi) is 7.52. The Labute approximate surface area is 257 Å². The lowest BCUT2D eigenvalue weighted by atomic mass is 10.0. The second kappa shape index (κ2) is 11.5. The first-order valence-electron chi connectivity index (χ1n) is 15.0. The average molecular weight is 620 g/mol. The SMILES string of the molecule is Cc1nc(O[C@@H]2CCN[C@@H](C(F)(F)F)C2)ccc1N(Cc1ccc2c3c(c(N)nc2c1)COC3)C(=O)c1cnc(C2CC2)nc1. The first kappa shape index (κ1) is 29.4. The molecule has 1 saturated carbocycles. The van der Waals surface area contributed by atoms with Crippen LogP contribution in [0.2, 0.25) is 0 Å². The van der Waals surface area contributed by atoms with E-state index in [0.717, 1.165) is 40.7 Å². The quantitative estimate of drug-likeness (QED) is 0.289. The van der Waals surface area contributed by atoms with E-state index in [2.05, 4.69) is 25.3 Å². The Morgan fingerprint density at radius 2 is 1.87 bits per heavy atom. The number of ether oxygens (including phenoxy) is 2. The van der Waals surface area contributed by atoms with Crippen molar-refractivity contribution in [2.24, 2.45) is 0 Å². The van der Waals surface area contributed by atoms with Gasteiger partial charge in [-0.05, 0) is 56.0 Å². The largest absolute Gasteiger partial charge is 0.474 e. The second-order valence-electron chi connectivity index (χ2n) is 11.9. The lowest BCUT2D eigenvalue weighted by Crippen LogP contribution is -2.50. The first-order valence-corrected chi connectivity index (χ1v) is 15.0. The molecule has 0 radical (unpaired) electrons. The molecule has 234 valence electrons. The van der Waals surface area contributed by atoms with Gasteiger partial charge in [-0.15, -0.1) is 0 Å². The summed E-state index contributed by atoms with van der Waals surface area (Å²) in [6, 6.07) is 7.49. The van der Waals surface area contributed by atoms with Gasteiger partial charge in [-0.3, -0.25) is 4.79 Å². The summed E-state index contributed by atoms with van der Waals surface area (Å²) < 4.78 is 51.4. The number of amides is 1. The van der Waals surface area contributed by atoms with Crippen LogP contribution in [0.1, 0.15) is 70.2 Å². The number of nitrogen functional groups attached to an aromatic ring is 1. The Hall–Kier alpha value is -4.36. The third-order valence-electron chi connectivity index (χ3n) is 8.60. The number of hydrogen-bond donors (Lipinski definition) is 2. The Morgan fingerprint density at radius 3 is 2.60 bits per heavy atom. The number of halogens is 3. The van der Waals surface area contributed by atoms with Crippen molar-refractivity contribution >= 4 is 28.3 Å². The predicted octanol–water partition coefficient (Wildman–Crippen LogP) is 5.13. The van der Waals surface area contributed by atoms with Crippen molar-refractivity contribution in [3.8, 4) is 5.88 Å². The van der Waals surface area contributed by atoms with E-state index in [1.165, 1.54) is 0 Å². The van der Waals surface area contributed by atoms with Crippen LogP contribution in [-0.4, -0.2) is 50.7 Å². The Balaban J connectivity index is 1.19. The molecule has 0 unspecified atom stereocenters. The highest BCUT2D eigenvalue weighted by molar-refractivity contribution is 6.06. The van der Waals surface area contributed by atoms with E-state index in [4.69, 9.17) is 15.2 Å². The normalized spacial score (nSPS) is 19.8. The van der Waals surface area contributed by atoms with E-state index < -0.39 is 18.3 Å². The third-order valence-corrected chi connectivity index (χ3v) is 8.60. The van der Waals surface area contributed by atoms with E-state index in [0.29, 0.717) is 53.8 Å². The van der Waals surface area contributed by atoms with Crippen molar-refractivity contribution in [2.75, 3.05) is 17.2 Å². The number of aryl methyl sites for hydroxylation is 1. The number of carbonyl (C=O) groups is 1. The summed E-state index contributed by atoms with van der Waals surface area (Å²) in [6.07, 6.45) is 0.419. The summed E-state index contributed by atoms with van der Waals surface area (Å²) in [5.41, 5.74) is 11.0. The van der Waals surface area contributed by atoms with Crippen molar-refractivity contribution in [2.45, 2.75) is 76.6 Å². The molecule has 2 aliphatic heterocycles. The highest BCUT2D eigenvalue weighted by Gasteiger charge is 2.43. The molecule has 2 fully saturated rings. The molecule has 4 aromatic rings. The summed E-state index contributed by atoms with van der Waals surface area (Å²) in [6.45, 7) is 3.01. The lowest BCUT2D eigenvalue weighted by molar-refractivity contribution is -0.166. The maximum Gasteiger partial charge on any atom is 0.403 e. The molecule has 1 amide bonds. The number of nitrogens with two attached hydrogens (primary N) is 1. The van der Waals surface area contributed by atoms with Gasteiger partial charge in [0.05, 0.1) is 42.2 Å². The van der Waals surface area contributed by atoms with E-state index in [-0.39, 0.29) is 31.3 Å². The van der Waals surface area contributed by atoms with Gasteiger partial charge in [0.15, 0.2) is 0 Å². The van der Waals surface area contributed by atoms with Gasteiger partial charge in [-0.2, -0.15) is 13.2 Å². The van der Waals surface area contributed by atoms with Gasteiger partial charge in [0.25, 0.3) is 5.91 Å². The van der Waals surface area contributed by atoms with Crippen LogP contribution in [0.5, 0.6) is 5.88 Å². The number of benzene rings is 1. The van der Waals surface area contributed by atoms with Crippen LogP contribution in [0.3, 0.4) is 0 Å². The molecule has 3 N–H and O–H groups in total. The maximum atomic E-state index is 14.0. The van der Waals surface area contributed by atoms with Gasteiger partial charge in [0.1, 0.15) is 23.8 Å². The second-order valence-corrected chi connectivity index (χ2v) is 11.9. The van der Waals surface area contributed by atoms with Crippen molar-refractivity contribution in [3.05, 3.63) is 76.5 Å². The number of fused-ring (bicyclic) bond motifs is 3. The molecule has 0 bridgehead atoms. The number of nitrogens with zero attached hydrogens (tertiary/aromatic N) is 5. The van der Waals surface area contributed by atoms with Gasteiger partial charge >= 0.3 is 6.18 Å². The molecular formula is C32H32F3N7O3. The van der Waals surface area contributed by atoms with Gasteiger partial charge in [0, 0.05) is 41.7 Å². The minimum atomic E-state index is -4.35. The maximum absolute atomic E-state index is 14.0. The van der Waals surface area contributed by atoms with Crippen LogP contribution < -0.4 is 20.7 Å². The monoisotopic (exact) mass is 619 g/mol. The zero-order valence-corrected chi connectivity index (χ0v) is 24.6. The van der Waals surface area contributed by atoms with Crippen LogP contribution >= 0.6 is 0 Å². The number of pyridine rings is 2. The van der Waals surface area contributed by atoms with Gasteiger partial charge in [0.2, 0.25) is 5.88 Å². The average Bonchev–Trinajstić information content (AvgIpc) is 3.75. The van der Waals surface area contributed by atoms with Crippen molar-refractivity contribution in [3.63, 3.8) is 0 Å². The van der Waals surface area contributed by atoms with Gasteiger partial charge in [-0.25, -0.2) is 19.9 Å². The minimum Gasteiger partial charge on any atom is -0.474 e. The van der Waals surface area contributed by atoms with Crippen LogP contribution in [0, 0.1) is 6.92 Å². The highest BCUT2D eigenvalue weighted by atomic mass is 19.4. The molecule has 2 atom stereocenters. The number of rotatable bonds is 7. The number of aromatic nitrogens is 4. The van der Waals surface area contributed by atoms with Crippen LogP contribution in [-0.2, 0) is 24.5 Å². The van der Waals surface area contributed by atoms with Gasteiger partial charge in [-0.1, -0.05) is 12.1 Å². The fraction of sp³-hybridized carbons (Fsp3) is 0.406. The van der Waals surface area contributed by atoms with Crippen LogP contribution in [0.25, 0.3) is 10.9 Å². The summed E-state index contributed by atoms with van der Waals surface area (Å²) in [4.78, 5) is 33.6. The van der Waals surface area contributed by atoms with Crippen molar-refractivity contribution < 1.29 is 27.4 Å². The molecule has 45 heavy (non-hydrogen) atoms. The fourth-order valence-corrected chi connectivity index (χ4v) is 6.02. The van der Waals surface area contributed by atoms with E-state index in [1.807, 2.05) is 18.2 Å². The fourth-order valence-electron chi connectivity index (χ4n) is 6.02. The number of hydrogen-bond acceptors (Lipinski definition) is 9. The molecule has 3 aliphatic rings. The van der Waals surface area contributed by atoms with E-state index in [1.54, 1.807) is 36.4 Å². The Bertz CT molecular complexity index is 1760. The Morgan fingerprint density at radius 1 is 1.09 bits per heavy atom. The first-order chi connectivity index (χ1) is 21.6. The molecule has 10 nitrogen and oxygen atoms in total. The summed E-state index contributed by atoms with van der Waals surface area (Å²) in [7, 11) is 0. The molecule has 1 aliphatic carbocycles. The molecule has 0 spiro atoms. The third kappa shape index (κ3) is 6.01. The zero-order chi connectivity index (χ0) is 31.3. The number of piperidine rings is 1. The summed E-state index contributed by atoms with van der Waals surface area (Å²) in [5.74, 6) is 1.39. The van der Waals surface area contributed by atoms with E-state index >= 15 is 0 Å². The van der Waals surface area contributed by atoms with Crippen LogP contribution in [0.15, 0.2) is 42.7 Å². The zero-order valence-electron chi connectivity index (χ0n) is 24.6. The van der Waals surface area contributed by atoms with Crippen molar-refractivity contribution in [1.82, 2.24) is 25.3 Å². The minimum absolute atomic E-state index is 0.179. The standard InChI is InChI=1S/C32H32F3N7O3/c1-17-26(6-7-28(40-17)45-21-8-9-37-27(11-21)32(33,34)35)42(31(43)20-12-38-30(39-13-20)19-3-4-19)14-18-2-5-22-23-15-44-16-24(23)29(36)41-25(22)10-18/h2,5-7,10,12-13,19,21,27,37H,3-4,8-9,11,14-16H2,1H3,(H2,36,41)/t21-,27-/m1/s1. The molecule has 1 aromatic carbocycles. The topological polar surface area (TPSA) is 128 Å². The summed E-state index contributed by atoms with van der Waals surface area (Å²) >= 11 is 0. The van der Waals surface area contributed by atoms with Gasteiger partial charge < -0.3 is 25.4 Å². The molecule has 5 heterocycles. The summed E-state index contributed by atoms with van der Waals surface area (Å²) in [5, 5.41) is 3.45. The number of anilines is 2. The van der Waals surface area contributed by atoms with Crippen LogP contribution in [0.4, 0.5) is 24.7 Å².